The number of hydrogen-bond acceptors (Lipinski definition) is 7. The normalized spacial score (nSPS) is 14.0. The Kier molecular flexibility index (Phi) is 8.37. The minimum Gasteiger partial charge on any atom is -0.489 e. The van der Waals surface area contributed by atoms with E-state index in [9.17, 15) is 32.3 Å². The Morgan fingerprint density at radius 1 is 1.13 bits per heavy atom. The van der Waals surface area contributed by atoms with Crippen LogP contribution < -0.4 is 10.1 Å². The second-order valence-corrected chi connectivity index (χ2v) is 6.45. The summed E-state index contributed by atoms with van der Waals surface area (Å²) >= 11 is 0. The second kappa shape index (κ2) is 10.8. The first kappa shape index (κ1) is 24.1. The number of carbonyl (C=O) groups is 4. The van der Waals surface area contributed by atoms with Crippen molar-refractivity contribution in [1.29, 1.82) is 0 Å². The van der Waals surface area contributed by atoms with E-state index in [2.05, 4.69) is 5.32 Å². The Morgan fingerprint density at radius 3 is 2.42 bits per heavy atom. The maximum absolute atomic E-state index is 13.0. The molecule has 2 rings (SSSR count). The lowest BCUT2D eigenvalue weighted by Crippen LogP contribution is -2.32. The van der Waals surface area contributed by atoms with Crippen molar-refractivity contribution in [2.45, 2.75) is 25.4 Å². The molecule has 3 amide bonds. The van der Waals surface area contributed by atoms with Crippen LogP contribution in [0.2, 0.25) is 0 Å². The maximum atomic E-state index is 13.0. The summed E-state index contributed by atoms with van der Waals surface area (Å²) in [7, 11) is 1.42. The number of alkyl halides is 3. The minimum absolute atomic E-state index is 0.0178. The summed E-state index contributed by atoms with van der Waals surface area (Å²) in [6.45, 7) is -0.723. The molecular weight excluding hydrogens is 425 g/mol. The maximum Gasteiger partial charge on any atom is 0.416 e. The molecule has 9 nitrogen and oxygen atoms in total. The summed E-state index contributed by atoms with van der Waals surface area (Å²) in [6, 6.07) is 2.56. The number of methoxy groups -OCH3 is 1. The van der Waals surface area contributed by atoms with Crippen molar-refractivity contribution in [2.24, 2.45) is 0 Å². The Hall–Kier alpha value is -3.15. The summed E-state index contributed by atoms with van der Waals surface area (Å²) in [5.41, 5.74) is -1.25. The SMILES string of the molecule is COCCOc1ccc(C(F)(F)F)cc1NC(=O)COC(=O)CCN1C(=O)CCC1=O. The number of ether oxygens (including phenoxy) is 3. The molecule has 1 heterocycles. The first-order valence-electron chi connectivity index (χ1n) is 9.23. The molecule has 0 saturated carbocycles. The molecule has 0 aromatic heterocycles. The third-order valence-electron chi connectivity index (χ3n) is 4.18. The molecule has 1 aromatic rings. The number of carbonyl (C=O) groups excluding carboxylic acids is 4. The van der Waals surface area contributed by atoms with Crippen LogP contribution in [0, 0.1) is 0 Å². The van der Waals surface area contributed by atoms with Crippen molar-refractivity contribution in [3.63, 3.8) is 0 Å². The molecule has 0 radical (unpaired) electrons. The van der Waals surface area contributed by atoms with Gasteiger partial charge >= 0.3 is 12.1 Å². The molecule has 1 aliphatic heterocycles. The predicted molar refractivity (Wildman–Crippen MR) is 99.0 cm³/mol. The average Bonchev–Trinajstić information content (AvgIpc) is 3.02. The van der Waals surface area contributed by atoms with Gasteiger partial charge in [0, 0.05) is 26.5 Å². The molecule has 1 saturated heterocycles. The highest BCUT2D eigenvalue weighted by atomic mass is 19.4. The van der Waals surface area contributed by atoms with Gasteiger partial charge in [0.15, 0.2) is 6.61 Å². The van der Waals surface area contributed by atoms with Gasteiger partial charge in [-0.3, -0.25) is 24.1 Å². The zero-order chi connectivity index (χ0) is 23.0. The summed E-state index contributed by atoms with van der Waals surface area (Å²) < 4.78 is 53.8. The number of nitrogens with one attached hydrogen (secondary N) is 1. The molecule has 0 unspecified atom stereocenters. The quantitative estimate of drug-likeness (QED) is 0.331. The Labute approximate surface area is 175 Å². The van der Waals surface area contributed by atoms with Gasteiger partial charge in [0.25, 0.3) is 5.91 Å². The van der Waals surface area contributed by atoms with Crippen molar-refractivity contribution in [1.82, 2.24) is 4.90 Å². The van der Waals surface area contributed by atoms with Crippen LogP contribution in [0.3, 0.4) is 0 Å². The molecule has 1 fully saturated rings. The molecule has 0 aliphatic carbocycles. The summed E-state index contributed by atoms with van der Waals surface area (Å²) in [6.07, 6.45) is -4.77. The number of nitrogens with zero attached hydrogens (tertiary/aromatic N) is 1. The molecule has 0 atom stereocenters. The van der Waals surface area contributed by atoms with Crippen LogP contribution in [0.25, 0.3) is 0 Å². The highest BCUT2D eigenvalue weighted by Crippen LogP contribution is 2.35. The number of likely N-dealkylation sites (tertiary alicyclic amines) is 1. The van der Waals surface area contributed by atoms with Crippen molar-refractivity contribution in [3.05, 3.63) is 23.8 Å². The van der Waals surface area contributed by atoms with E-state index in [1.54, 1.807) is 0 Å². The lowest BCUT2D eigenvalue weighted by atomic mass is 10.1. The van der Waals surface area contributed by atoms with Crippen LogP contribution >= 0.6 is 0 Å². The van der Waals surface area contributed by atoms with Crippen LogP contribution in [-0.2, 0) is 34.8 Å². The van der Waals surface area contributed by atoms with Gasteiger partial charge < -0.3 is 19.5 Å². The van der Waals surface area contributed by atoms with Crippen LogP contribution in [0.15, 0.2) is 18.2 Å². The van der Waals surface area contributed by atoms with Gasteiger partial charge in [-0.05, 0) is 18.2 Å². The number of imide groups is 1. The lowest BCUT2D eigenvalue weighted by Gasteiger charge is -2.15. The summed E-state index contributed by atoms with van der Waals surface area (Å²) in [5, 5.41) is 2.22. The van der Waals surface area contributed by atoms with Gasteiger partial charge in [-0.15, -0.1) is 0 Å². The predicted octanol–water partition coefficient (Wildman–Crippen LogP) is 1.75. The smallest absolute Gasteiger partial charge is 0.416 e. The number of esters is 1. The molecule has 1 aliphatic rings. The van der Waals surface area contributed by atoms with E-state index in [-0.39, 0.29) is 62.3 Å². The second-order valence-electron chi connectivity index (χ2n) is 6.45. The van der Waals surface area contributed by atoms with Gasteiger partial charge in [-0.1, -0.05) is 0 Å². The fraction of sp³-hybridized carbons (Fsp3) is 0.474. The monoisotopic (exact) mass is 446 g/mol. The van der Waals surface area contributed by atoms with Gasteiger partial charge in [0.05, 0.1) is 24.3 Å². The van der Waals surface area contributed by atoms with Gasteiger partial charge in [0.2, 0.25) is 11.8 Å². The number of hydrogen-bond donors (Lipinski definition) is 1. The van der Waals surface area contributed by atoms with E-state index < -0.39 is 30.2 Å². The molecule has 1 N–H and O–H groups in total. The number of anilines is 1. The number of amides is 3. The zero-order valence-corrected chi connectivity index (χ0v) is 16.6. The number of halogens is 3. The van der Waals surface area contributed by atoms with Crippen molar-refractivity contribution < 1.29 is 46.6 Å². The average molecular weight is 446 g/mol. The van der Waals surface area contributed by atoms with Crippen LogP contribution in [0.1, 0.15) is 24.8 Å². The highest BCUT2D eigenvalue weighted by molar-refractivity contribution is 6.02. The van der Waals surface area contributed by atoms with Crippen LogP contribution in [0.5, 0.6) is 5.75 Å². The standard InChI is InChI=1S/C19H21F3N2O7/c1-29-8-9-30-14-3-2-12(19(20,21)22)10-13(14)23-15(25)11-31-18(28)6-7-24-16(26)4-5-17(24)27/h2-3,10H,4-9,11H2,1H3,(H,23,25). The fourth-order valence-electron chi connectivity index (χ4n) is 2.64. The first-order valence-corrected chi connectivity index (χ1v) is 9.23. The molecule has 1 aromatic carbocycles. The molecule has 170 valence electrons. The van der Waals surface area contributed by atoms with Crippen LogP contribution in [0.4, 0.5) is 18.9 Å². The Morgan fingerprint density at radius 2 is 1.81 bits per heavy atom. The van der Waals surface area contributed by atoms with Crippen molar-refractivity contribution >= 4 is 29.4 Å². The van der Waals surface area contributed by atoms with Gasteiger partial charge in [0.1, 0.15) is 12.4 Å². The summed E-state index contributed by atoms with van der Waals surface area (Å²) in [4.78, 5) is 47.7. The van der Waals surface area contributed by atoms with Crippen molar-refractivity contribution in [2.75, 3.05) is 38.8 Å². The Bertz CT molecular complexity index is 826. The number of benzene rings is 1. The van der Waals surface area contributed by atoms with E-state index in [1.165, 1.54) is 7.11 Å². The Balaban J connectivity index is 1.92. The van der Waals surface area contributed by atoms with E-state index >= 15 is 0 Å². The lowest BCUT2D eigenvalue weighted by molar-refractivity contribution is -0.148. The third-order valence-corrected chi connectivity index (χ3v) is 4.18. The van der Waals surface area contributed by atoms with E-state index in [0.29, 0.717) is 6.07 Å². The molecular formula is C19H21F3N2O7. The minimum atomic E-state index is -4.64. The molecule has 12 heteroatoms. The zero-order valence-electron chi connectivity index (χ0n) is 16.6. The fourth-order valence-corrected chi connectivity index (χ4v) is 2.64. The van der Waals surface area contributed by atoms with E-state index in [0.717, 1.165) is 17.0 Å². The molecule has 0 spiro atoms. The first-order chi connectivity index (χ1) is 14.6. The van der Waals surface area contributed by atoms with Crippen LogP contribution in [-0.4, -0.2) is 62.1 Å². The van der Waals surface area contributed by atoms with Crippen molar-refractivity contribution in [3.8, 4) is 5.75 Å². The summed E-state index contributed by atoms with van der Waals surface area (Å²) in [5.74, 6) is -2.53. The van der Waals surface area contributed by atoms with E-state index in [4.69, 9.17) is 14.2 Å². The van der Waals surface area contributed by atoms with Gasteiger partial charge in [-0.2, -0.15) is 13.2 Å². The molecule has 31 heavy (non-hydrogen) atoms. The van der Waals surface area contributed by atoms with E-state index in [1.807, 2.05) is 0 Å². The number of rotatable bonds is 10. The third kappa shape index (κ3) is 7.24. The highest BCUT2D eigenvalue weighted by Gasteiger charge is 2.32. The topological polar surface area (TPSA) is 111 Å². The van der Waals surface area contributed by atoms with Gasteiger partial charge in [-0.25, -0.2) is 0 Å². The molecule has 0 bridgehead atoms. The largest absolute Gasteiger partial charge is 0.489 e.